The molecule has 0 radical (unpaired) electrons. The maximum Gasteiger partial charge on any atom is 0.257 e. The molecule has 8 nitrogen and oxygen atoms in total. The van der Waals surface area contributed by atoms with Crippen LogP contribution in [0.3, 0.4) is 0 Å². The molecule has 3 aromatic rings. The van der Waals surface area contributed by atoms with Gasteiger partial charge in [-0.25, -0.2) is 4.98 Å². The Morgan fingerprint density at radius 1 is 1.15 bits per heavy atom. The third kappa shape index (κ3) is 3.70. The van der Waals surface area contributed by atoms with Crippen molar-refractivity contribution in [1.82, 2.24) is 14.8 Å². The van der Waals surface area contributed by atoms with Crippen molar-refractivity contribution in [2.24, 2.45) is 7.05 Å². The second-order valence-electron chi connectivity index (χ2n) is 5.82. The minimum absolute atomic E-state index is 0.0122. The van der Waals surface area contributed by atoms with Crippen molar-refractivity contribution in [3.05, 3.63) is 47.8 Å². The Hall–Kier alpha value is -3.26. The van der Waals surface area contributed by atoms with Crippen LogP contribution in [0.2, 0.25) is 0 Å². The van der Waals surface area contributed by atoms with Crippen LogP contribution in [-0.2, 0) is 16.6 Å². The van der Waals surface area contributed by atoms with Gasteiger partial charge in [0.1, 0.15) is 6.61 Å². The van der Waals surface area contributed by atoms with Gasteiger partial charge in [-0.05, 0) is 37.3 Å². The molecule has 2 aromatic heterocycles. The van der Waals surface area contributed by atoms with E-state index in [1.807, 2.05) is 14.0 Å². The molecule has 8 heteroatoms. The Morgan fingerprint density at radius 2 is 1.81 bits per heavy atom. The lowest BCUT2D eigenvalue weighted by Crippen LogP contribution is -2.17. The predicted octanol–water partition coefficient (Wildman–Crippen LogP) is 2.11. The summed E-state index contributed by atoms with van der Waals surface area (Å²) < 4.78 is 6.44. The molecule has 0 aliphatic carbocycles. The largest absolute Gasteiger partial charge is 0.375 e. The molecular formula is C18H19N5O3. The summed E-state index contributed by atoms with van der Waals surface area (Å²) in [5.74, 6) is -0.505. The average molecular weight is 353 g/mol. The number of benzene rings is 1. The van der Waals surface area contributed by atoms with Crippen LogP contribution in [-0.4, -0.2) is 40.3 Å². The third-order valence-corrected chi connectivity index (χ3v) is 3.83. The highest BCUT2D eigenvalue weighted by molar-refractivity contribution is 6.06. The number of nitrogens with zero attached hydrogens (tertiary/aromatic N) is 3. The molecule has 0 bridgehead atoms. The smallest absolute Gasteiger partial charge is 0.257 e. The number of rotatable bonds is 5. The molecule has 0 atom stereocenters. The number of ether oxygens (including phenoxy) is 1. The van der Waals surface area contributed by atoms with E-state index < -0.39 is 0 Å². The fourth-order valence-electron chi connectivity index (χ4n) is 2.60. The van der Waals surface area contributed by atoms with Crippen LogP contribution in [0, 0.1) is 6.92 Å². The Kier molecular flexibility index (Phi) is 4.94. The molecule has 0 aliphatic rings. The SMILES string of the molecule is COCC(=O)Nc1ccc(NC(=O)c2cnc3c(c2)c(C)nn3C)cc1. The number of anilines is 2. The highest BCUT2D eigenvalue weighted by Crippen LogP contribution is 2.18. The third-order valence-electron chi connectivity index (χ3n) is 3.83. The summed E-state index contributed by atoms with van der Waals surface area (Å²) in [6.07, 6.45) is 1.53. The number of methoxy groups -OCH3 is 1. The highest BCUT2D eigenvalue weighted by atomic mass is 16.5. The van der Waals surface area contributed by atoms with E-state index in [2.05, 4.69) is 20.7 Å². The lowest BCUT2D eigenvalue weighted by atomic mass is 10.2. The standard InChI is InChI=1S/C18H19N5O3/c1-11-15-8-12(9-19-17(15)23(2)22-11)18(25)21-14-6-4-13(5-7-14)20-16(24)10-26-3/h4-9H,10H2,1-3H3,(H,20,24)(H,21,25). The van der Waals surface area contributed by atoms with Gasteiger partial charge in [0.05, 0.1) is 11.3 Å². The average Bonchev–Trinajstić information content (AvgIpc) is 2.90. The van der Waals surface area contributed by atoms with Crippen molar-refractivity contribution in [3.63, 3.8) is 0 Å². The summed E-state index contributed by atoms with van der Waals surface area (Å²) in [4.78, 5) is 28.2. The van der Waals surface area contributed by atoms with E-state index >= 15 is 0 Å². The second kappa shape index (κ2) is 7.32. The Morgan fingerprint density at radius 3 is 2.46 bits per heavy atom. The van der Waals surface area contributed by atoms with E-state index in [4.69, 9.17) is 4.74 Å². The van der Waals surface area contributed by atoms with E-state index in [1.54, 1.807) is 35.0 Å². The molecular weight excluding hydrogens is 334 g/mol. The zero-order valence-corrected chi connectivity index (χ0v) is 14.7. The van der Waals surface area contributed by atoms with Gasteiger partial charge in [0.2, 0.25) is 5.91 Å². The zero-order valence-electron chi connectivity index (χ0n) is 14.7. The monoisotopic (exact) mass is 353 g/mol. The molecule has 2 N–H and O–H groups in total. The van der Waals surface area contributed by atoms with E-state index in [0.717, 1.165) is 16.7 Å². The number of carbonyl (C=O) groups excluding carboxylic acids is 2. The molecule has 1 aromatic carbocycles. The van der Waals surface area contributed by atoms with Gasteiger partial charge in [-0.3, -0.25) is 14.3 Å². The van der Waals surface area contributed by atoms with Gasteiger partial charge in [0, 0.05) is 37.1 Å². The van der Waals surface area contributed by atoms with Crippen LogP contribution in [0.15, 0.2) is 36.5 Å². The summed E-state index contributed by atoms with van der Waals surface area (Å²) in [5, 5.41) is 10.6. The molecule has 26 heavy (non-hydrogen) atoms. The molecule has 0 fully saturated rings. The van der Waals surface area contributed by atoms with Crippen molar-refractivity contribution in [2.45, 2.75) is 6.92 Å². The molecule has 134 valence electrons. The van der Waals surface area contributed by atoms with Crippen LogP contribution in [0.4, 0.5) is 11.4 Å². The van der Waals surface area contributed by atoms with Crippen LogP contribution >= 0.6 is 0 Å². The molecule has 2 heterocycles. The number of hydrogen-bond acceptors (Lipinski definition) is 5. The fourth-order valence-corrected chi connectivity index (χ4v) is 2.60. The number of carbonyl (C=O) groups is 2. The van der Waals surface area contributed by atoms with Gasteiger partial charge in [0.25, 0.3) is 5.91 Å². The maximum atomic E-state index is 12.5. The van der Waals surface area contributed by atoms with Gasteiger partial charge < -0.3 is 15.4 Å². The number of hydrogen-bond donors (Lipinski definition) is 2. The van der Waals surface area contributed by atoms with Crippen molar-refractivity contribution in [2.75, 3.05) is 24.4 Å². The summed E-state index contributed by atoms with van der Waals surface area (Å²) in [6.45, 7) is 1.87. The quantitative estimate of drug-likeness (QED) is 0.732. The molecule has 0 spiro atoms. The minimum atomic E-state index is -0.265. The van der Waals surface area contributed by atoms with Crippen LogP contribution in [0.5, 0.6) is 0 Å². The van der Waals surface area contributed by atoms with Gasteiger partial charge in [0.15, 0.2) is 5.65 Å². The summed E-state index contributed by atoms with van der Waals surface area (Å²) >= 11 is 0. The number of fused-ring (bicyclic) bond motifs is 1. The molecule has 0 saturated carbocycles. The van der Waals surface area contributed by atoms with Crippen molar-refractivity contribution >= 4 is 34.2 Å². The number of aryl methyl sites for hydroxylation is 2. The lowest BCUT2D eigenvalue weighted by molar-refractivity contribution is -0.119. The van der Waals surface area contributed by atoms with Crippen molar-refractivity contribution < 1.29 is 14.3 Å². The summed E-state index contributed by atoms with van der Waals surface area (Å²) in [7, 11) is 3.27. The maximum absolute atomic E-state index is 12.5. The number of nitrogens with one attached hydrogen (secondary N) is 2. The van der Waals surface area contributed by atoms with Crippen molar-refractivity contribution in [3.8, 4) is 0 Å². The van der Waals surface area contributed by atoms with E-state index in [0.29, 0.717) is 16.9 Å². The molecule has 2 amide bonds. The first-order chi connectivity index (χ1) is 12.5. The van der Waals surface area contributed by atoms with Crippen molar-refractivity contribution in [1.29, 1.82) is 0 Å². The summed E-state index contributed by atoms with van der Waals surface area (Å²) in [5.41, 5.74) is 3.24. The normalized spacial score (nSPS) is 10.7. The molecule has 0 aliphatic heterocycles. The second-order valence-corrected chi connectivity index (χ2v) is 5.82. The number of aromatic nitrogens is 3. The molecule has 3 rings (SSSR count). The van der Waals surface area contributed by atoms with Crippen LogP contribution < -0.4 is 10.6 Å². The van der Waals surface area contributed by atoms with Gasteiger partial charge in [-0.15, -0.1) is 0 Å². The number of pyridine rings is 1. The zero-order chi connectivity index (χ0) is 18.7. The lowest BCUT2D eigenvalue weighted by Gasteiger charge is -2.08. The van der Waals surface area contributed by atoms with E-state index in [-0.39, 0.29) is 18.4 Å². The predicted molar refractivity (Wildman–Crippen MR) is 98.1 cm³/mol. The van der Waals surface area contributed by atoms with Gasteiger partial charge in [-0.1, -0.05) is 0 Å². The number of amides is 2. The Bertz CT molecular complexity index is 963. The summed E-state index contributed by atoms with van der Waals surface area (Å²) in [6, 6.07) is 8.61. The first-order valence-corrected chi connectivity index (χ1v) is 7.97. The van der Waals surface area contributed by atoms with Gasteiger partial charge >= 0.3 is 0 Å². The first-order valence-electron chi connectivity index (χ1n) is 7.97. The Balaban J connectivity index is 1.71. The minimum Gasteiger partial charge on any atom is -0.375 e. The highest BCUT2D eigenvalue weighted by Gasteiger charge is 2.12. The van der Waals surface area contributed by atoms with E-state index in [1.165, 1.54) is 13.3 Å². The first kappa shape index (κ1) is 17.6. The topological polar surface area (TPSA) is 98.1 Å². The molecule has 0 saturated heterocycles. The van der Waals surface area contributed by atoms with Crippen LogP contribution in [0.1, 0.15) is 16.1 Å². The van der Waals surface area contributed by atoms with E-state index in [9.17, 15) is 9.59 Å². The van der Waals surface area contributed by atoms with Crippen LogP contribution in [0.25, 0.3) is 11.0 Å². The van der Waals surface area contributed by atoms with Gasteiger partial charge in [-0.2, -0.15) is 5.10 Å². The fraction of sp³-hybridized carbons (Fsp3) is 0.222. The Labute approximate surface area is 150 Å². The molecule has 0 unspecified atom stereocenters.